The van der Waals surface area contributed by atoms with Crippen LogP contribution in [0.1, 0.15) is 18.6 Å². The van der Waals surface area contributed by atoms with Crippen LogP contribution in [0.25, 0.3) is 0 Å². The lowest BCUT2D eigenvalue weighted by Crippen LogP contribution is -2.22. The quantitative estimate of drug-likeness (QED) is 0.620. The van der Waals surface area contributed by atoms with E-state index in [4.69, 9.17) is 4.65 Å². The Kier molecular flexibility index (Phi) is 2.15. The molecule has 1 saturated heterocycles. The maximum absolute atomic E-state index is 5.54. The summed E-state index contributed by atoms with van der Waals surface area (Å²) in [5, 5.41) is 3.25. The maximum Gasteiger partial charge on any atom is 0.361 e. The number of hydrogen-bond donors (Lipinski definition) is 1. The SMILES string of the molecule is C[C@H]1NBO[C@H]1c1ccccc1. The zero-order chi connectivity index (χ0) is 8.39. The molecule has 2 nitrogen and oxygen atoms in total. The van der Waals surface area contributed by atoms with E-state index < -0.39 is 0 Å². The zero-order valence-corrected chi connectivity index (χ0v) is 7.16. The van der Waals surface area contributed by atoms with Crippen molar-refractivity contribution < 1.29 is 4.65 Å². The van der Waals surface area contributed by atoms with Gasteiger partial charge in [-0.15, -0.1) is 0 Å². The van der Waals surface area contributed by atoms with E-state index >= 15 is 0 Å². The molecule has 62 valence electrons. The molecule has 3 heteroatoms. The van der Waals surface area contributed by atoms with Gasteiger partial charge in [0, 0.05) is 6.04 Å². The van der Waals surface area contributed by atoms with Crippen molar-refractivity contribution in [2.45, 2.75) is 19.1 Å². The Morgan fingerprint density at radius 3 is 2.67 bits per heavy atom. The van der Waals surface area contributed by atoms with E-state index in [-0.39, 0.29) is 6.10 Å². The van der Waals surface area contributed by atoms with Crippen LogP contribution in [-0.2, 0) is 4.65 Å². The summed E-state index contributed by atoms with van der Waals surface area (Å²) < 4.78 is 5.54. The van der Waals surface area contributed by atoms with Gasteiger partial charge in [-0.2, -0.15) is 0 Å². The fourth-order valence-electron chi connectivity index (χ4n) is 1.55. The first-order valence-electron chi connectivity index (χ1n) is 4.28. The molecule has 2 rings (SSSR count). The molecule has 1 fully saturated rings. The van der Waals surface area contributed by atoms with Crippen LogP contribution in [0.3, 0.4) is 0 Å². The van der Waals surface area contributed by atoms with Crippen LogP contribution in [0.4, 0.5) is 0 Å². The summed E-state index contributed by atoms with van der Waals surface area (Å²) in [7, 11) is 0.667. The average molecular weight is 161 g/mol. The summed E-state index contributed by atoms with van der Waals surface area (Å²) in [6, 6.07) is 10.7. The Bertz CT molecular complexity index is 252. The number of nitrogens with one attached hydrogen (secondary N) is 1. The van der Waals surface area contributed by atoms with E-state index in [9.17, 15) is 0 Å². The highest BCUT2D eigenvalue weighted by Gasteiger charge is 2.25. The molecular formula is C9H12BNO. The summed E-state index contributed by atoms with van der Waals surface area (Å²) in [6.07, 6.45) is 0.228. The molecule has 1 aliphatic rings. The number of benzene rings is 1. The minimum Gasteiger partial charge on any atom is -0.416 e. The third-order valence-electron chi connectivity index (χ3n) is 2.25. The van der Waals surface area contributed by atoms with Crippen LogP contribution in [0.15, 0.2) is 30.3 Å². The highest BCUT2D eigenvalue weighted by Crippen LogP contribution is 2.23. The summed E-state index contributed by atoms with van der Waals surface area (Å²) in [5.74, 6) is 0. The first kappa shape index (κ1) is 7.83. The smallest absolute Gasteiger partial charge is 0.361 e. The molecule has 0 spiro atoms. The van der Waals surface area contributed by atoms with Crippen molar-refractivity contribution in [2.75, 3.05) is 0 Å². The first-order valence-corrected chi connectivity index (χ1v) is 4.28. The summed E-state index contributed by atoms with van der Waals surface area (Å²) in [4.78, 5) is 0. The van der Waals surface area contributed by atoms with Crippen LogP contribution in [0, 0.1) is 0 Å². The Morgan fingerprint density at radius 2 is 2.08 bits per heavy atom. The standard InChI is InChI=1S/C9H12BNO/c1-7-9(12-10-11-7)8-5-3-2-4-6-8/h2-7,9-11H,1H3/t7-,9-/m1/s1. The minimum absolute atomic E-state index is 0.228. The molecule has 1 heterocycles. The molecule has 0 bridgehead atoms. The van der Waals surface area contributed by atoms with Crippen molar-refractivity contribution in [1.29, 1.82) is 0 Å². The molecule has 0 amide bonds. The lowest BCUT2D eigenvalue weighted by atomic mass is 10.0. The molecule has 0 unspecified atom stereocenters. The van der Waals surface area contributed by atoms with Crippen LogP contribution in [-0.4, -0.2) is 13.7 Å². The predicted molar refractivity (Wildman–Crippen MR) is 50.0 cm³/mol. The van der Waals surface area contributed by atoms with E-state index in [1.54, 1.807) is 0 Å². The fourth-order valence-corrected chi connectivity index (χ4v) is 1.55. The molecule has 12 heavy (non-hydrogen) atoms. The molecule has 1 N–H and O–H groups in total. The molecule has 0 aliphatic carbocycles. The predicted octanol–water partition coefficient (Wildman–Crippen LogP) is 1.00. The highest BCUT2D eigenvalue weighted by molar-refractivity contribution is 6.24. The number of rotatable bonds is 1. The Balaban J connectivity index is 2.19. The lowest BCUT2D eigenvalue weighted by molar-refractivity contribution is 0.228. The van der Waals surface area contributed by atoms with Gasteiger partial charge >= 0.3 is 7.62 Å². The Hall–Kier alpha value is -0.795. The monoisotopic (exact) mass is 161 g/mol. The van der Waals surface area contributed by atoms with Gasteiger partial charge in [0.05, 0.1) is 6.10 Å². The van der Waals surface area contributed by atoms with Gasteiger partial charge in [-0.25, -0.2) is 0 Å². The van der Waals surface area contributed by atoms with Crippen molar-refractivity contribution >= 4 is 7.62 Å². The summed E-state index contributed by atoms with van der Waals surface area (Å²) in [5.41, 5.74) is 1.26. The van der Waals surface area contributed by atoms with Gasteiger partial charge in [0.15, 0.2) is 0 Å². The molecule has 0 saturated carbocycles. The van der Waals surface area contributed by atoms with Crippen LogP contribution >= 0.6 is 0 Å². The van der Waals surface area contributed by atoms with Gasteiger partial charge in [-0.3, -0.25) is 0 Å². The second-order valence-corrected chi connectivity index (χ2v) is 3.14. The molecule has 1 aliphatic heterocycles. The van der Waals surface area contributed by atoms with Gasteiger partial charge in [0.1, 0.15) is 0 Å². The van der Waals surface area contributed by atoms with Crippen LogP contribution < -0.4 is 5.23 Å². The van der Waals surface area contributed by atoms with E-state index in [2.05, 4.69) is 24.3 Å². The lowest BCUT2D eigenvalue weighted by Gasteiger charge is -2.14. The van der Waals surface area contributed by atoms with Crippen LogP contribution in [0.2, 0.25) is 0 Å². The normalized spacial score (nSPS) is 28.4. The molecule has 1 aromatic carbocycles. The van der Waals surface area contributed by atoms with E-state index in [1.165, 1.54) is 5.56 Å². The summed E-state index contributed by atoms with van der Waals surface area (Å²) >= 11 is 0. The minimum atomic E-state index is 0.228. The Labute approximate surface area is 73.2 Å². The zero-order valence-electron chi connectivity index (χ0n) is 7.16. The van der Waals surface area contributed by atoms with E-state index in [0.717, 1.165) is 0 Å². The summed E-state index contributed by atoms with van der Waals surface area (Å²) in [6.45, 7) is 2.14. The van der Waals surface area contributed by atoms with Crippen LogP contribution in [0.5, 0.6) is 0 Å². The first-order chi connectivity index (χ1) is 5.88. The van der Waals surface area contributed by atoms with Gasteiger partial charge in [-0.1, -0.05) is 30.3 Å². The largest absolute Gasteiger partial charge is 0.416 e. The molecule has 1 aromatic rings. The van der Waals surface area contributed by atoms with E-state index in [0.29, 0.717) is 13.7 Å². The third kappa shape index (κ3) is 1.38. The third-order valence-corrected chi connectivity index (χ3v) is 2.25. The van der Waals surface area contributed by atoms with Gasteiger partial charge in [0.25, 0.3) is 0 Å². The Morgan fingerprint density at radius 1 is 1.33 bits per heavy atom. The molecule has 0 aromatic heterocycles. The second-order valence-electron chi connectivity index (χ2n) is 3.14. The average Bonchev–Trinajstić information content (AvgIpc) is 2.53. The topological polar surface area (TPSA) is 21.3 Å². The van der Waals surface area contributed by atoms with Crippen molar-refractivity contribution in [3.05, 3.63) is 35.9 Å². The van der Waals surface area contributed by atoms with Crippen molar-refractivity contribution in [3.8, 4) is 0 Å². The second kappa shape index (κ2) is 3.29. The molecule has 2 atom stereocenters. The van der Waals surface area contributed by atoms with Crippen molar-refractivity contribution in [3.63, 3.8) is 0 Å². The maximum atomic E-state index is 5.54. The highest BCUT2D eigenvalue weighted by atomic mass is 16.5. The van der Waals surface area contributed by atoms with Crippen molar-refractivity contribution in [1.82, 2.24) is 5.23 Å². The van der Waals surface area contributed by atoms with E-state index in [1.807, 2.05) is 18.2 Å². The molecule has 0 radical (unpaired) electrons. The fraction of sp³-hybridized carbons (Fsp3) is 0.333. The van der Waals surface area contributed by atoms with Gasteiger partial charge in [-0.05, 0) is 12.5 Å². The number of hydrogen-bond acceptors (Lipinski definition) is 2. The van der Waals surface area contributed by atoms with Gasteiger partial charge < -0.3 is 9.88 Å². The van der Waals surface area contributed by atoms with Gasteiger partial charge in [0.2, 0.25) is 0 Å². The van der Waals surface area contributed by atoms with Crippen molar-refractivity contribution in [2.24, 2.45) is 0 Å². The molecular weight excluding hydrogens is 149 g/mol.